The zero-order chi connectivity index (χ0) is 18.7. The molecule has 1 aliphatic heterocycles. The van der Waals surface area contributed by atoms with E-state index in [1.807, 2.05) is 56.3 Å². The molecule has 26 heavy (non-hydrogen) atoms. The molecule has 0 fully saturated rings. The Labute approximate surface area is 152 Å². The van der Waals surface area contributed by atoms with Crippen molar-refractivity contribution in [3.63, 3.8) is 0 Å². The van der Waals surface area contributed by atoms with Crippen molar-refractivity contribution in [2.45, 2.75) is 44.9 Å². The molecule has 2 atom stereocenters. The number of rotatable bonds is 5. The number of fused-ring (bicyclic) bond motifs is 1. The topological polar surface area (TPSA) is 91.0 Å². The molecule has 3 N–H and O–H groups in total. The summed E-state index contributed by atoms with van der Waals surface area (Å²) in [4.78, 5) is 11.2. The number of primary amides is 1. The first-order chi connectivity index (χ1) is 12.3. The first-order valence-electron chi connectivity index (χ1n) is 8.49. The third-order valence-corrected chi connectivity index (χ3v) is 4.27. The Morgan fingerprint density at radius 1 is 1.23 bits per heavy atom. The van der Waals surface area contributed by atoms with Crippen molar-refractivity contribution in [3.05, 3.63) is 65.2 Å². The van der Waals surface area contributed by atoms with Gasteiger partial charge < -0.3 is 25.1 Å². The summed E-state index contributed by atoms with van der Waals surface area (Å²) in [7, 11) is 0. The molecule has 6 nitrogen and oxygen atoms in total. The van der Waals surface area contributed by atoms with Gasteiger partial charge in [0.15, 0.2) is 0 Å². The Bertz CT molecular complexity index is 775. The van der Waals surface area contributed by atoms with Gasteiger partial charge >= 0.3 is 6.09 Å². The maximum absolute atomic E-state index is 11.2. The van der Waals surface area contributed by atoms with Gasteiger partial charge in [0.05, 0.1) is 12.7 Å². The fourth-order valence-corrected chi connectivity index (χ4v) is 2.96. The van der Waals surface area contributed by atoms with E-state index in [2.05, 4.69) is 0 Å². The zero-order valence-electron chi connectivity index (χ0n) is 14.8. The molecule has 0 aliphatic carbocycles. The van der Waals surface area contributed by atoms with Gasteiger partial charge in [0.2, 0.25) is 5.79 Å². The first kappa shape index (κ1) is 18.2. The smallest absolute Gasteiger partial charge is 0.405 e. The molecular weight excluding hydrogens is 334 g/mol. The number of ether oxygens (including phenoxy) is 3. The lowest BCUT2D eigenvalue weighted by Gasteiger charge is -2.33. The van der Waals surface area contributed by atoms with Gasteiger partial charge in [-0.1, -0.05) is 36.4 Å². The van der Waals surface area contributed by atoms with Gasteiger partial charge in [-0.15, -0.1) is 0 Å². The average Bonchev–Trinajstić information content (AvgIpc) is 2.60. The molecule has 1 aliphatic rings. The van der Waals surface area contributed by atoms with Crippen molar-refractivity contribution in [2.24, 2.45) is 5.73 Å². The number of nitrogens with two attached hydrogens (primary N) is 1. The number of carbonyl (C=O) groups excluding carboxylic acids is 1. The lowest BCUT2D eigenvalue weighted by molar-refractivity contribution is -0.180. The Hall–Kier alpha value is -2.57. The summed E-state index contributed by atoms with van der Waals surface area (Å²) in [5.74, 6) is 0.0751. The lowest BCUT2D eigenvalue weighted by Crippen LogP contribution is -2.35. The second kappa shape index (κ2) is 7.35. The van der Waals surface area contributed by atoms with E-state index in [4.69, 9.17) is 19.9 Å². The van der Waals surface area contributed by atoms with E-state index in [9.17, 15) is 9.90 Å². The quantitative estimate of drug-likeness (QED) is 0.853. The van der Waals surface area contributed by atoms with Crippen LogP contribution in [0.2, 0.25) is 0 Å². The van der Waals surface area contributed by atoms with E-state index in [1.165, 1.54) is 0 Å². The summed E-state index contributed by atoms with van der Waals surface area (Å²) in [5.41, 5.74) is 7.53. The molecule has 2 aromatic rings. The second-order valence-electron chi connectivity index (χ2n) is 6.75. The molecule has 0 aromatic heterocycles. The largest absolute Gasteiger partial charge is 0.463 e. The summed E-state index contributed by atoms with van der Waals surface area (Å²) in [6, 6.07) is 14.7. The van der Waals surface area contributed by atoms with Crippen molar-refractivity contribution < 1.29 is 24.1 Å². The maximum Gasteiger partial charge on any atom is 0.405 e. The van der Waals surface area contributed by atoms with Crippen LogP contribution in [0.1, 0.15) is 49.2 Å². The summed E-state index contributed by atoms with van der Waals surface area (Å²) in [6.45, 7) is 4.11. The third-order valence-electron chi connectivity index (χ3n) is 4.27. The highest BCUT2D eigenvalue weighted by atomic mass is 16.7. The van der Waals surface area contributed by atoms with E-state index in [0.29, 0.717) is 12.2 Å². The van der Waals surface area contributed by atoms with Crippen LogP contribution < -0.4 is 10.5 Å². The number of aliphatic hydroxyl groups is 1. The lowest BCUT2D eigenvalue weighted by atomic mass is 9.97. The van der Waals surface area contributed by atoms with Gasteiger partial charge in [-0.3, -0.25) is 0 Å². The van der Waals surface area contributed by atoms with Gasteiger partial charge in [-0.05, 0) is 23.3 Å². The molecule has 138 valence electrons. The minimum absolute atomic E-state index is 0.193. The van der Waals surface area contributed by atoms with Crippen molar-refractivity contribution >= 4 is 6.09 Å². The van der Waals surface area contributed by atoms with E-state index >= 15 is 0 Å². The summed E-state index contributed by atoms with van der Waals surface area (Å²) >= 11 is 0. The van der Waals surface area contributed by atoms with E-state index in [0.717, 1.165) is 16.9 Å². The fourth-order valence-electron chi connectivity index (χ4n) is 2.96. The Balaban J connectivity index is 1.77. The van der Waals surface area contributed by atoms with Crippen LogP contribution in [-0.4, -0.2) is 17.0 Å². The van der Waals surface area contributed by atoms with Crippen molar-refractivity contribution in [1.29, 1.82) is 0 Å². The van der Waals surface area contributed by atoms with Gasteiger partial charge in [-0.2, -0.15) is 0 Å². The molecule has 0 radical (unpaired) electrons. The van der Waals surface area contributed by atoms with Crippen molar-refractivity contribution in [2.75, 3.05) is 0 Å². The summed E-state index contributed by atoms with van der Waals surface area (Å²) < 4.78 is 16.6. The number of amides is 1. The van der Waals surface area contributed by atoms with Crippen molar-refractivity contribution in [3.8, 4) is 5.75 Å². The second-order valence-corrected chi connectivity index (χ2v) is 6.75. The first-order valence-corrected chi connectivity index (χ1v) is 8.49. The normalized spacial score (nSPS) is 17.5. The minimum atomic E-state index is -0.875. The van der Waals surface area contributed by atoms with Gasteiger partial charge in [0, 0.05) is 25.8 Å². The summed E-state index contributed by atoms with van der Waals surface area (Å²) in [6.07, 6.45) is -2.15. The standard InChI is InChI=1S/C20H23NO5/c1-20(2)24-12-15-10-14(8-9-17(15)26-20)16(22)11-18(25-19(21)23)13-6-4-3-5-7-13/h3-10,16,18,22H,11-12H2,1-2H3,(H2,21,23). The van der Waals surface area contributed by atoms with Crippen LogP contribution in [-0.2, 0) is 16.1 Å². The number of hydrogen-bond donors (Lipinski definition) is 2. The molecule has 0 spiro atoms. The number of aliphatic hydroxyl groups excluding tert-OH is 1. The van der Waals surface area contributed by atoms with Crippen molar-refractivity contribution in [1.82, 2.24) is 0 Å². The molecule has 0 saturated heterocycles. The minimum Gasteiger partial charge on any atom is -0.463 e. The van der Waals surface area contributed by atoms with Crippen LogP contribution in [0.15, 0.2) is 48.5 Å². The van der Waals surface area contributed by atoms with Crippen LogP contribution in [0.5, 0.6) is 5.75 Å². The molecule has 1 amide bonds. The Kier molecular flexibility index (Phi) is 5.15. The highest BCUT2D eigenvalue weighted by Gasteiger charge is 2.28. The highest BCUT2D eigenvalue weighted by Crippen LogP contribution is 2.35. The molecule has 0 bridgehead atoms. The summed E-state index contributed by atoms with van der Waals surface area (Å²) in [5, 5.41) is 10.7. The molecule has 2 unspecified atom stereocenters. The van der Waals surface area contributed by atoms with Crippen LogP contribution in [0, 0.1) is 0 Å². The van der Waals surface area contributed by atoms with E-state index in [1.54, 1.807) is 6.07 Å². The predicted molar refractivity (Wildman–Crippen MR) is 95.4 cm³/mol. The van der Waals surface area contributed by atoms with Crippen LogP contribution >= 0.6 is 0 Å². The zero-order valence-corrected chi connectivity index (χ0v) is 14.8. The van der Waals surface area contributed by atoms with Gasteiger partial charge in [0.25, 0.3) is 0 Å². The van der Waals surface area contributed by atoms with Gasteiger partial charge in [-0.25, -0.2) is 4.79 Å². The predicted octanol–water partition coefficient (Wildman–Crippen LogP) is 3.59. The van der Waals surface area contributed by atoms with Crippen LogP contribution in [0.4, 0.5) is 4.79 Å². The molecule has 0 saturated carbocycles. The van der Waals surface area contributed by atoms with Gasteiger partial charge in [0.1, 0.15) is 11.9 Å². The van der Waals surface area contributed by atoms with Crippen LogP contribution in [0.3, 0.4) is 0 Å². The SMILES string of the molecule is CC1(C)OCc2cc(C(O)CC(OC(N)=O)c3ccccc3)ccc2O1. The Morgan fingerprint density at radius 3 is 2.65 bits per heavy atom. The van der Waals surface area contributed by atoms with E-state index in [-0.39, 0.29) is 6.42 Å². The molecule has 2 aromatic carbocycles. The Morgan fingerprint density at radius 2 is 1.96 bits per heavy atom. The third kappa shape index (κ3) is 4.33. The maximum atomic E-state index is 11.2. The number of benzene rings is 2. The fraction of sp³-hybridized carbons (Fsp3) is 0.350. The molecule has 6 heteroatoms. The highest BCUT2D eigenvalue weighted by molar-refractivity contribution is 5.65. The average molecular weight is 357 g/mol. The molecular formula is C20H23NO5. The van der Waals surface area contributed by atoms with E-state index < -0.39 is 24.1 Å². The number of carbonyl (C=O) groups is 1. The number of hydrogen-bond acceptors (Lipinski definition) is 5. The van der Waals surface area contributed by atoms with Crippen LogP contribution in [0.25, 0.3) is 0 Å². The monoisotopic (exact) mass is 357 g/mol. The molecule has 3 rings (SSSR count). The molecule has 1 heterocycles.